The molecule has 1 heterocycles. The van der Waals surface area contributed by atoms with Gasteiger partial charge in [-0.2, -0.15) is 0 Å². The summed E-state index contributed by atoms with van der Waals surface area (Å²) in [6.45, 7) is 0.0706. The molecule has 0 saturated carbocycles. The van der Waals surface area contributed by atoms with Crippen molar-refractivity contribution in [2.75, 3.05) is 0 Å². The maximum Gasteiger partial charge on any atom is 0.377 e. The number of halogens is 1. The number of hydrogen-bond acceptors (Lipinski definition) is 3. The van der Waals surface area contributed by atoms with Crippen LogP contribution in [0.15, 0.2) is 48.5 Å². The highest BCUT2D eigenvalue weighted by Crippen LogP contribution is 2.27. The van der Waals surface area contributed by atoms with Gasteiger partial charge in [0.05, 0.1) is 11.3 Å². The van der Waals surface area contributed by atoms with E-state index in [1.807, 2.05) is 12.1 Å². The van der Waals surface area contributed by atoms with Crippen LogP contribution in [0.2, 0.25) is 5.02 Å². The van der Waals surface area contributed by atoms with E-state index in [1.165, 1.54) is 0 Å². The first kappa shape index (κ1) is 16.1. The lowest BCUT2D eigenvalue weighted by Gasteiger charge is -2.09. The lowest BCUT2D eigenvalue weighted by molar-refractivity contribution is -0.131. The van der Waals surface area contributed by atoms with Crippen LogP contribution >= 0.6 is 11.6 Å². The first-order valence-electron chi connectivity index (χ1n) is 7.21. The minimum Gasteiger partial charge on any atom is -0.487 e. The van der Waals surface area contributed by atoms with E-state index >= 15 is 0 Å². The summed E-state index contributed by atoms with van der Waals surface area (Å²) in [4.78, 5) is 23.4. The molecule has 0 spiro atoms. The number of nitrogens with zero attached hydrogens (tertiary/aromatic N) is 1. The van der Waals surface area contributed by atoms with Crippen molar-refractivity contribution >= 4 is 34.3 Å². The number of aryl methyl sites for hydroxylation is 1. The molecular weight excluding hydrogens is 330 g/mol. The second-order valence-electron chi connectivity index (χ2n) is 5.27. The Bertz CT molecular complexity index is 928. The maximum atomic E-state index is 12.2. The normalized spacial score (nSPS) is 10.8. The van der Waals surface area contributed by atoms with Crippen molar-refractivity contribution in [2.24, 2.45) is 7.05 Å². The van der Waals surface area contributed by atoms with Crippen molar-refractivity contribution in [1.82, 2.24) is 4.57 Å². The van der Waals surface area contributed by atoms with Crippen LogP contribution in [-0.2, 0) is 18.4 Å². The van der Waals surface area contributed by atoms with E-state index in [1.54, 1.807) is 48.0 Å². The number of rotatable bonds is 5. The molecule has 0 aliphatic heterocycles. The Morgan fingerprint density at radius 1 is 1.12 bits per heavy atom. The van der Waals surface area contributed by atoms with Crippen molar-refractivity contribution in [1.29, 1.82) is 0 Å². The number of ether oxygens (including phenoxy) is 1. The molecule has 0 fully saturated rings. The summed E-state index contributed by atoms with van der Waals surface area (Å²) >= 11 is 5.84. The van der Waals surface area contributed by atoms with E-state index in [-0.39, 0.29) is 12.2 Å². The number of fused-ring (bicyclic) bond motifs is 1. The van der Waals surface area contributed by atoms with E-state index in [2.05, 4.69) is 0 Å². The quantitative estimate of drug-likeness (QED) is 0.567. The van der Waals surface area contributed by atoms with Gasteiger partial charge < -0.3 is 14.4 Å². The average molecular weight is 344 g/mol. The summed E-state index contributed by atoms with van der Waals surface area (Å²) in [6.07, 6.45) is 0. The van der Waals surface area contributed by atoms with Crippen LogP contribution < -0.4 is 4.74 Å². The van der Waals surface area contributed by atoms with Gasteiger partial charge in [-0.3, -0.25) is 4.79 Å². The average Bonchev–Trinajstić information content (AvgIpc) is 2.86. The minimum absolute atomic E-state index is 0.0706. The number of ketones is 1. The molecule has 0 amide bonds. The van der Waals surface area contributed by atoms with Gasteiger partial charge in [0.1, 0.15) is 12.4 Å². The van der Waals surface area contributed by atoms with Crippen molar-refractivity contribution in [3.63, 3.8) is 0 Å². The molecule has 3 rings (SSSR count). The number of benzene rings is 2. The fourth-order valence-corrected chi connectivity index (χ4v) is 2.78. The molecule has 6 heteroatoms. The van der Waals surface area contributed by atoms with Gasteiger partial charge in [0, 0.05) is 23.0 Å². The van der Waals surface area contributed by atoms with Gasteiger partial charge in [0.15, 0.2) is 0 Å². The number of carboxylic acids is 1. The number of para-hydroxylation sites is 1. The van der Waals surface area contributed by atoms with Crippen LogP contribution in [0.25, 0.3) is 10.9 Å². The fourth-order valence-electron chi connectivity index (χ4n) is 2.66. The maximum absolute atomic E-state index is 12.2. The molecule has 0 aliphatic carbocycles. The van der Waals surface area contributed by atoms with Crippen molar-refractivity contribution < 1.29 is 19.4 Å². The molecule has 0 aliphatic rings. The van der Waals surface area contributed by atoms with Gasteiger partial charge in [-0.05, 0) is 30.3 Å². The summed E-state index contributed by atoms with van der Waals surface area (Å²) in [5.41, 5.74) is 1.45. The Labute approximate surface area is 143 Å². The van der Waals surface area contributed by atoms with Gasteiger partial charge in [0.2, 0.25) is 0 Å². The zero-order valence-corrected chi connectivity index (χ0v) is 13.6. The Balaban J connectivity index is 2.04. The minimum atomic E-state index is -1.49. The zero-order valence-electron chi connectivity index (χ0n) is 12.8. The topological polar surface area (TPSA) is 68.5 Å². The predicted molar refractivity (Wildman–Crippen MR) is 90.7 cm³/mol. The van der Waals surface area contributed by atoms with Crippen molar-refractivity contribution in [3.05, 3.63) is 64.8 Å². The molecule has 122 valence electrons. The Morgan fingerprint density at radius 3 is 2.46 bits per heavy atom. The number of carbonyl (C=O) groups excluding carboxylic acids is 1. The predicted octanol–water partition coefficient (Wildman–Crippen LogP) is 3.68. The third kappa shape index (κ3) is 2.86. The van der Waals surface area contributed by atoms with Crippen molar-refractivity contribution in [2.45, 2.75) is 6.61 Å². The molecule has 0 saturated heterocycles. The molecule has 1 N–H and O–H groups in total. The highest BCUT2D eigenvalue weighted by molar-refractivity contribution is 6.42. The second kappa shape index (κ2) is 6.37. The van der Waals surface area contributed by atoms with Gasteiger partial charge in [-0.1, -0.05) is 29.8 Å². The molecule has 24 heavy (non-hydrogen) atoms. The fraction of sp³-hybridized carbons (Fsp3) is 0.111. The van der Waals surface area contributed by atoms with Gasteiger partial charge >= 0.3 is 5.97 Å². The van der Waals surface area contributed by atoms with E-state index in [9.17, 15) is 9.59 Å². The van der Waals surface area contributed by atoms with E-state index < -0.39 is 11.8 Å². The molecule has 0 atom stereocenters. The lowest BCUT2D eigenvalue weighted by atomic mass is 10.1. The van der Waals surface area contributed by atoms with Crippen molar-refractivity contribution in [3.8, 4) is 5.75 Å². The van der Waals surface area contributed by atoms with Gasteiger partial charge in [-0.25, -0.2) is 4.79 Å². The molecular formula is C18H14ClNO4. The molecule has 2 aromatic carbocycles. The second-order valence-corrected chi connectivity index (χ2v) is 5.71. The SMILES string of the molecule is Cn1c(COc2ccc(Cl)cc2)c(C(=O)C(=O)O)c2ccccc21. The summed E-state index contributed by atoms with van der Waals surface area (Å²) in [5.74, 6) is -1.85. The summed E-state index contributed by atoms with van der Waals surface area (Å²) in [5, 5.41) is 10.3. The first-order chi connectivity index (χ1) is 11.5. The third-order valence-electron chi connectivity index (χ3n) is 3.84. The monoisotopic (exact) mass is 343 g/mol. The van der Waals surface area contributed by atoms with Crippen LogP contribution in [0.5, 0.6) is 5.75 Å². The standard InChI is InChI=1S/C18H14ClNO4/c1-20-14-5-3-2-4-13(14)16(17(21)18(22)23)15(20)10-24-12-8-6-11(19)7-9-12/h2-9H,10H2,1H3,(H,22,23). The number of Topliss-reactive ketones (excluding diaryl/α,β-unsaturated/α-hetero) is 1. The van der Waals surface area contributed by atoms with Crippen LogP contribution in [-0.4, -0.2) is 21.4 Å². The Kier molecular flexibility index (Phi) is 4.27. The number of aliphatic carboxylic acids is 1. The Morgan fingerprint density at radius 2 is 1.79 bits per heavy atom. The molecule has 0 radical (unpaired) electrons. The zero-order chi connectivity index (χ0) is 17.3. The number of carbonyl (C=O) groups is 2. The summed E-state index contributed by atoms with van der Waals surface area (Å²) < 4.78 is 7.48. The van der Waals surface area contributed by atoms with Gasteiger partial charge in [0.25, 0.3) is 5.78 Å². The van der Waals surface area contributed by atoms with E-state index in [0.29, 0.717) is 21.9 Å². The Hall–Kier alpha value is -2.79. The summed E-state index contributed by atoms with van der Waals surface area (Å²) in [7, 11) is 1.78. The highest BCUT2D eigenvalue weighted by Gasteiger charge is 2.25. The van der Waals surface area contributed by atoms with Gasteiger partial charge in [-0.15, -0.1) is 0 Å². The van der Waals surface area contributed by atoms with E-state index in [0.717, 1.165) is 5.52 Å². The lowest BCUT2D eigenvalue weighted by Crippen LogP contribution is -2.16. The van der Waals surface area contributed by atoms with Crippen LogP contribution in [0.1, 0.15) is 16.1 Å². The molecule has 5 nitrogen and oxygen atoms in total. The smallest absolute Gasteiger partial charge is 0.377 e. The van der Waals surface area contributed by atoms with Crippen LogP contribution in [0.3, 0.4) is 0 Å². The highest BCUT2D eigenvalue weighted by atomic mass is 35.5. The van der Waals surface area contributed by atoms with Crippen LogP contribution in [0, 0.1) is 0 Å². The molecule has 3 aromatic rings. The first-order valence-corrected chi connectivity index (χ1v) is 7.59. The van der Waals surface area contributed by atoms with Crippen LogP contribution in [0.4, 0.5) is 0 Å². The summed E-state index contributed by atoms with van der Waals surface area (Å²) in [6, 6.07) is 14.0. The number of hydrogen-bond donors (Lipinski definition) is 1. The molecule has 0 unspecified atom stereocenters. The largest absolute Gasteiger partial charge is 0.487 e. The third-order valence-corrected chi connectivity index (χ3v) is 4.09. The number of carboxylic acid groups (broad SMARTS) is 1. The molecule has 0 bridgehead atoms. The van der Waals surface area contributed by atoms with E-state index in [4.69, 9.17) is 21.4 Å². The number of aromatic nitrogens is 1. The molecule has 1 aromatic heterocycles.